The SMILES string of the molecule is CCC1CC(NC2CCCC2)CN(CCNC(C)=O)C1. The fraction of sp³-hybridized carbons (Fsp3) is 0.938. The van der Waals surface area contributed by atoms with E-state index in [-0.39, 0.29) is 5.91 Å². The molecule has 1 saturated carbocycles. The van der Waals surface area contributed by atoms with Gasteiger partial charge in [-0.25, -0.2) is 0 Å². The molecule has 0 aromatic rings. The zero-order chi connectivity index (χ0) is 14.4. The fourth-order valence-electron chi connectivity index (χ4n) is 3.72. The molecule has 2 aliphatic rings. The zero-order valence-electron chi connectivity index (χ0n) is 13.2. The predicted octanol–water partition coefficient (Wildman–Crippen LogP) is 1.76. The molecule has 2 N–H and O–H groups in total. The summed E-state index contributed by atoms with van der Waals surface area (Å²) in [6, 6.07) is 1.40. The van der Waals surface area contributed by atoms with E-state index >= 15 is 0 Å². The molecule has 0 aromatic carbocycles. The lowest BCUT2D eigenvalue weighted by Crippen LogP contribution is -2.52. The largest absolute Gasteiger partial charge is 0.355 e. The summed E-state index contributed by atoms with van der Waals surface area (Å²) in [6.45, 7) is 8.00. The first kappa shape index (κ1) is 15.8. The van der Waals surface area contributed by atoms with Crippen LogP contribution in [0.1, 0.15) is 52.4 Å². The van der Waals surface area contributed by atoms with Gasteiger partial charge in [0.25, 0.3) is 0 Å². The van der Waals surface area contributed by atoms with E-state index in [9.17, 15) is 4.79 Å². The summed E-state index contributed by atoms with van der Waals surface area (Å²) in [6.07, 6.45) is 8.10. The summed E-state index contributed by atoms with van der Waals surface area (Å²) in [7, 11) is 0. The van der Waals surface area contributed by atoms with Crippen LogP contribution in [-0.4, -0.2) is 49.1 Å². The van der Waals surface area contributed by atoms with Gasteiger partial charge in [0.05, 0.1) is 0 Å². The van der Waals surface area contributed by atoms with Crippen LogP contribution in [0.15, 0.2) is 0 Å². The average Bonchev–Trinajstić information content (AvgIpc) is 2.91. The second-order valence-electron chi connectivity index (χ2n) is 6.60. The van der Waals surface area contributed by atoms with Crippen LogP contribution in [0.5, 0.6) is 0 Å². The maximum atomic E-state index is 11.0. The normalized spacial score (nSPS) is 28.7. The van der Waals surface area contributed by atoms with Gasteiger partial charge in [0, 0.05) is 45.2 Å². The van der Waals surface area contributed by atoms with E-state index in [1.807, 2.05) is 0 Å². The minimum Gasteiger partial charge on any atom is -0.355 e. The van der Waals surface area contributed by atoms with Crippen molar-refractivity contribution in [1.29, 1.82) is 0 Å². The van der Waals surface area contributed by atoms with Crippen molar-refractivity contribution in [2.75, 3.05) is 26.2 Å². The topological polar surface area (TPSA) is 44.4 Å². The first-order valence-electron chi connectivity index (χ1n) is 8.40. The van der Waals surface area contributed by atoms with Gasteiger partial charge < -0.3 is 10.6 Å². The van der Waals surface area contributed by atoms with E-state index in [1.54, 1.807) is 6.92 Å². The summed E-state index contributed by atoms with van der Waals surface area (Å²) in [4.78, 5) is 13.5. The van der Waals surface area contributed by atoms with Crippen LogP contribution >= 0.6 is 0 Å². The van der Waals surface area contributed by atoms with Crippen molar-refractivity contribution in [3.8, 4) is 0 Å². The maximum absolute atomic E-state index is 11.0. The lowest BCUT2D eigenvalue weighted by molar-refractivity contribution is -0.119. The van der Waals surface area contributed by atoms with Gasteiger partial charge in [-0.1, -0.05) is 26.2 Å². The number of hydrogen-bond donors (Lipinski definition) is 2. The number of nitrogens with zero attached hydrogens (tertiary/aromatic N) is 1. The number of carbonyl (C=O) groups is 1. The van der Waals surface area contributed by atoms with Gasteiger partial charge in [-0.2, -0.15) is 0 Å². The van der Waals surface area contributed by atoms with E-state index in [0.29, 0.717) is 6.04 Å². The molecule has 2 unspecified atom stereocenters. The third kappa shape index (κ3) is 5.06. The van der Waals surface area contributed by atoms with E-state index in [0.717, 1.165) is 31.6 Å². The lowest BCUT2D eigenvalue weighted by atomic mass is 9.91. The van der Waals surface area contributed by atoms with Crippen molar-refractivity contribution in [2.45, 2.75) is 64.5 Å². The Labute approximate surface area is 123 Å². The van der Waals surface area contributed by atoms with Crippen molar-refractivity contribution in [3.63, 3.8) is 0 Å². The van der Waals surface area contributed by atoms with Crippen LogP contribution in [0.3, 0.4) is 0 Å². The second-order valence-corrected chi connectivity index (χ2v) is 6.60. The molecular formula is C16H31N3O. The van der Waals surface area contributed by atoms with Gasteiger partial charge in [-0.05, 0) is 25.2 Å². The van der Waals surface area contributed by atoms with Gasteiger partial charge in [-0.3, -0.25) is 9.69 Å². The molecule has 2 atom stereocenters. The fourth-order valence-corrected chi connectivity index (χ4v) is 3.72. The molecule has 1 aliphatic heterocycles. The Morgan fingerprint density at radius 3 is 2.60 bits per heavy atom. The van der Waals surface area contributed by atoms with E-state index in [4.69, 9.17) is 0 Å². The number of hydrogen-bond acceptors (Lipinski definition) is 3. The summed E-state index contributed by atoms with van der Waals surface area (Å²) in [5.74, 6) is 0.884. The smallest absolute Gasteiger partial charge is 0.216 e. The Hall–Kier alpha value is -0.610. The van der Waals surface area contributed by atoms with Crippen molar-refractivity contribution >= 4 is 5.91 Å². The standard InChI is InChI=1S/C16H31N3O/c1-3-14-10-16(18-15-6-4-5-7-15)12-19(11-14)9-8-17-13(2)20/h14-16,18H,3-12H2,1-2H3,(H,17,20). The maximum Gasteiger partial charge on any atom is 0.216 e. The van der Waals surface area contributed by atoms with Crippen LogP contribution in [0, 0.1) is 5.92 Å². The van der Waals surface area contributed by atoms with Crippen molar-refractivity contribution in [2.24, 2.45) is 5.92 Å². The Balaban J connectivity index is 1.77. The molecule has 1 heterocycles. The Morgan fingerprint density at radius 2 is 1.95 bits per heavy atom. The van der Waals surface area contributed by atoms with Gasteiger partial charge in [-0.15, -0.1) is 0 Å². The predicted molar refractivity (Wildman–Crippen MR) is 82.7 cm³/mol. The quantitative estimate of drug-likeness (QED) is 0.780. The van der Waals surface area contributed by atoms with Crippen LogP contribution in [0.25, 0.3) is 0 Å². The first-order valence-corrected chi connectivity index (χ1v) is 8.40. The molecule has 0 bridgehead atoms. The van der Waals surface area contributed by atoms with Gasteiger partial charge >= 0.3 is 0 Å². The van der Waals surface area contributed by atoms with Crippen molar-refractivity contribution < 1.29 is 4.79 Å². The third-order valence-corrected chi connectivity index (χ3v) is 4.82. The van der Waals surface area contributed by atoms with E-state index in [1.165, 1.54) is 45.1 Å². The Morgan fingerprint density at radius 1 is 1.20 bits per heavy atom. The first-order chi connectivity index (χ1) is 9.67. The zero-order valence-corrected chi connectivity index (χ0v) is 13.2. The highest BCUT2D eigenvalue weighted by Gasteiger charge is 2.28. The molecule has 20 heavy (non-hydrogen) atoms. The molecule has 0 aromatic heterocycles. The van der Waals surface area contributed by atoms with Crippen LogP contribution < -0.4 is 10.6 Å². The van der Waals surface area contributed by atoms with Gasteiger partial charge in [0.2, 0.25) is 5.91 Å². The number of piperidine rings is 1. The highest BCUT2D eigenvalue weighted by atomic mass is 16.1. The van der Waals surface area contributed by atoms with Crippen LogP contribution in [-0.2, 0) is 4.79 Å². The average molecular weight is 281 g/mol. The number of amides is 1. The molecule has 2 fully saturated rings. The van der Waals surface area contributed by atoms with Crippen molar-refractivity contribution in [3.05, 3.63) is 0 Å². The van der Waals surface area contributed by atoms with E-state index in [2.05, 4.69) is 22.5 Å². The number of carbonyl (C=O) groups excluding carboxylic acids is 1. The Kier molecular flexibility index (Phi) is 6.30. The summed E-state index contributed by atoms with van der Waals surface area (Å²) >= 11 is 0. The molecule has 2 rings (SSSR count). The monoisotopic (exact) mass is 281 g/mol. The molecule has 116 valence electrons. The van der Waals surface area contributed by atoms with Gasteiger partial charge in [0.1, 0.15) is 0 Å². The van der Waals surface area contributed by atoms with Gasteiger partial charge in [0.15, 0.2) is 0 Å². The molecular weight excluding hydrogens is 250 g/mol. The highest BCUT2D eigenvalue weighted by Crippen LogP contribution is 2.23. The molecule has 1 aliphatic carbocycles. The summed E-state index contributed by atoms with van der Waals surface area (Å²) in [5, 5.41) is 6.79. The minimum atomic E-state index is 0.0784. The van der Waals surface area contributed by atoms with E-state index < -0.39 is 0 Å². The number of rotatable bonds is 6. The van der Waals surface area contributed by atoms with Crippen LogP contribution in [0.4, 0.5) is 0 Å². The second kappa shape index (κ2) is 7.99. The molecule has 4 heteroatoms. The number of likely N-dealkylation sites (tertiary alicyclic amines) is 1. The minimum absolute atomic E-state index is 0.0784. The van der Waals surface area contributed by atoms with Crippen molar-refractivity contribution in [1.82, 2.24) is 15.5 Å². The van der Waals surface area contributed by atoms with Crippen LogP contribution in [0.2, 0.25) is 0 Å². The highest BCUT2D eigenvalue weighted by molar-refractivity contribution is 5.72. The summed E-state index contributed by atoms with van der Waals surface area (Å²) < 4.78 is 0. The molecule has 0 spiro atoms. The molecule has 1 amide bonds. The number of nitrogens with one attached hydrogen (secondary N) is 2. The molecule has 4 nitrogen and oxygen atoms in total. The lowest BCUT2D eigenvalue weighted by Gasteiger charge is -2.39. The Bertz CT molecular complexity index is 302. The molecule has 0 radical (unpaired) electrons. The molecule has 1 saturated heterocycles. The summed E-state index contributed by atoms with van der Waals surface area (Å²) in [5.41, 5.74) is 0. The third-order valence-electron chi connectivity index (χ3n) is 4.82.